The highest BCUT2D eigenvalue weighted by molar-refractivity contribution is 5.31. The highest BCUT2D eigenvalue weighted by Gasteiger charge is 2.09. The highest BCUT2D eigenvalue weighted by atomic mass is 16.5. The number of aliphatic hydroxyl groups excluding tert-OH is 1. The van der Waals surface area contributed by atoms with E-state index in [0.717, 1.165) is 11.1 Å². The Hall–Kier alpha value is -1.64. The van der Waals surface area contributed by atoms with Crippen LogP contribution in [0.2, 0.25) is 0 Å². The Balaban J connectivity index is 2.06. The van der Waals surface area contributed by atoms with Gasteiger partial charge in [-0.1, -0.05) is 42.5 Å². The Kier molecular flexibility index (Phi) is 4.94. The second-order valence-electron chi connectivity index (χ2n) is 5.31. The van der Waals surface area contributed by atoms with Crippen LogP contribution >= 0.6 is 0 Å². The van der Waals surface area contributed by atoms with Crippen molar-refractivity contribution in [2.24, 2.45) is 0 Å². The number of aliphatic hydroxyl groups is 1. The fraction of sp³-hybridized carbons (Fsp3) is 0.333. The molecule has 0 saturated carbocycles. The molecule has 1 atom stereocenters. The number of aryl methyl sites for hydroxylation is 2. The number of hydrogen-bond acceptors (Lipinski definition) is 2. The Morgan fingerprint density at radius 1 is 0.950 bits per heavy atom. The van der Waals surface area contributed by atoms with Crippen LogP contribution in [0, 0.1) is 13.8 Å². The SMILES string of the molecule is COCc1ccc(C(O)Cc2ccc(C)c(C)c2)cc1. The lowest BCUT2D eigenvalue weighted by Gasteiger charge is -2.13. The Bertz CT molecular complexity index is 558. The zero-order chi connectivity index (χ0) is 14.5. The zero-order valence-corrected chi connectivity index (χ0v) is 12.4. The van der Waals surface area contributed by atoms with Crippen LogP contribution in [-0.2, 0) is 17.8 Å². The summed E-state index contributed by atoms with van der Waals surface area (Å²) in [6.07, 6.45) is 0.179. The van der Waals surface area contributed by atoms with E-state index in [1.807, 2.05) is 24.3 Å². The van der Waals surface area contributed by atoms with Gasteiger partial charge in [-0.05, 0) is 41.7 Å². The number of hydrogen-bond donors (Lipinski definition) is 1. The molecule has 1 unspecified atom stereocenters. The predicted molar refractivity (Wildman–Crippen MR) is 81.7 cm³/mol. The van der Waals surface area contributed by atoms with Crippen molar-refractivity contribution in [2.45, 2.75) is 33.0 Å². The van der Waals surface area contributed by atoms with Crippen LogP contribution in [0.1, 0.15) is 33.9 Å². The van der Waals surface area contributed by atoms with Crippen LogP contribution < -0.4 is 0 Å². The number of benzene rings is 2. The first kappa shape index (κ1) is 14.8. The molecule has 0 aliphatic carbocycles. The van der Waals surface area contributed by atoms with Gasteiger partial charge in [0.2, 0.25) is 0 Å². The molecule has 0 aliphatic rings. The van der Waals surface area contributed by atoms with Crippen LogP contribution in [-0.4, -0.2) is 12.2 Å². The first-order chi connectivity index (χ1) is 9.60. The van der Waals surface area contributed by atoms with E-state index in [-0.39, 0.29) is 0 Å². The molecule has 0 bridgehead atoms. The fourth-order valence-corrected chi connectivity index (χ4v) is 2.27. The van der Waals surface area contributed by atoms with Crippen molar-refractivity contribution in [1.82, 2.24) is 0 Å². The molecule has 1 N–H and O–H groups in total. The van der Waals surface area contributed by atoms with E-state index in [0.29, 0.717) is 13.0 Å². The van der Waals surface area contributed by atoms with E-state index >= 15 is 0 Å². The average molecular weight is 270 g/mol. The minimum absolute atomic E-state index is 0.464. The quantitative estimate of drug-likeness (QED) is 0.897. The zero-order valence-electron chi connectivity index (χ0n) is 12.4. The summed E-state index contributed by atoms with van der Waals surface area (Å²) in [5.41, 5.74) is 5.79. The van der Waals surface area contributed by atoms with E-state index in [2.05, 4.69) is 32.0 Å². The van der Waals surface area contributed by atoms with E-state index in [1.54, 1.807) is 7.11 Å². The molecular formula is C18H22O2. The largest absolute Gasteiger partial charge is 0.388 e. The van der Waals surface area contributed by atoms with Crippen LogP contribution in [0.15, 0.2) is 42.5 Å². The maximum Gasteiger partial charge on any atom is 0.0830 e. The number of rotatable bonds is 5. The van der Waals surface area contributed by atoms with Crippen molar-refractivity contribution in [2.75, 3.05) is 7.11 Å². The van der Waals surface area contributed by atoms with Crippen molar-refractivity contribution in [3.63, 3.8) is 0 Å². The molecule has 0 amide bonds. The monoisotopic (exact) mass is 270 g/mol. The lowest BCUT2D eigenvalue weighted by Crippen LogP contribution is -2.02. The van der Waals surface area contributed by atoms with Crippen molar-refractivity contribution < 1.29 is 9.84 Å². The molecule has 0 radical (unpaired) electrons. The highest BCUT2D eigenvalue weighted by Crippen LogP contribution is 2.20. The molecule has 2 heteroatoms. The lowest BCUT2D eigenvalue weighted by atomic mass is 9.98. The molecule has 2 aromatic rings. The number of ether oxygens (including phenoxy) is 1. The van der Waals surface area contributed by atoms with Gasteiger partial charge >= 0.3 is 0 Å². The van der Waals surface area contributed by atoms with Crippen molar-refractivity contribution in [1.29, 1.82) is 0 Å². The van der Waals surface area contributed by atoms with E-state index in [1.165, 1.54) is 16.7 Å². The van der Waals surface area contributed by atoms with Gasteiger partial charge in [0.05, 0.1) is 12.7 Å². The summed E-state index contributed by atoms with van der Waals surface area (Å²) in [6, 6.07) is 14.3. The summed E-state index contributed by atoms with van der Waals surface area (Å²) < 4.78 is 5.09. The average Bonchev–Trinajstić information content (AvgIpc) is 2.44. The van der Waals surface area contributed by atoms with Gasteiger partial charge in [0.25, 0.3) is 0 Å². The van der Waals surface area contributed by atoms with Gasteiger partial charge in [0.15, 0.2) is 0 Å². The Morgan fingerprint density at radius 2 is 1.60 bits per heavy atom. The smallest absolute Gasteiger partial charge is 0.0830 e. The molecule has 2 aromatic carbocycles. The first-order valence-electron chi connectivity index (χ1n) is 6.92. The van der Waals surface area contributed by atoms with Crippen molar-refractivity contribution in [3.8, 4) is 0 Å². The van der Waals surface area contributed by atoms with Gasteiger partial charge in [0, 0.05) is 13.5 Å². The molecule has 106 valence electrons. The van der Waals surface area contributed by atoms with Crippen LogP contribution in [0.25, 0.3) is 0 Å². The molecule has 2 nitrogen and oxygen atoms in total. The second-order valence-corrected chi connectivity index (χ2v) is 5.31. The fourth-order valence-electron chi connectivity index (χ4n) is 2.27. The van der Waals surface area contributed by atoms with Crippen molar-refractivity contribution >= 4 is 0 Å². The molecular weight excluding hydrogens is 248 g/mol. The van der Waals surface area contributed by atoms with Gasteiger partial charge < -0.3 is 9.84 Å². The molecule has 0 aromatic heterocycles. The van der Waals surface area contributed by atoms with Gasteiger partial charge in [-0.3, -0.25) is 0 Å². The third-order valence-electron chi connectivity index (χ3n) is 3.68. The molecule has 2 rings (SSSR count). The molecule has 0 fully saturated rings. The predicted octanol–water partition coefficient (Wildman–Crippen LogP) is 3.73. The second kappa shape index (κ2) is 6.69. The third kappa shape index (κ3) is 3.69. The van der Waals surface area contributed by atoms with E-state index in [4.69, 9.17) is 4.74 Å². The summed E-state index contributed by atoms with van der Waals surface area (Å²) in [5.74, 6) is 0. The van der Waals surface area contributed by atoms with Gasteiger partial charge in [-0.25, -0.2) is 0 Å². The van der Waals surface area contributed by atoms with Crippen LogP contribution in [0.3, 0.4) is 0 Å². The Morgan fingerprint density at radius 3 is 2.20 bits per heavy atom. The maximum atomic E-state index is 10.3. The first-order valence-corrected chi connectivity index (χ1v) is 6.92. The molecule has 0 spiro atoms. The lowest BCUT2D eigenvalue weighted by molar-refractivity contribution is 0.177. The molecule has 0 heterocycles. The minimum Gasteiger partial charge on any atom is -0.388 e. The Labute approximate surface area is 121 Å². The van der Waals surface area contributed by atoms with E-state index < -0.39 is 6.10 Å². The minimum atomic E-state index is -0.464. The van der Waals surface area contributed by atoms with Gasteiger partial charge in [0.1, 0.15) is 0 Å². The maximum absolute atomic E-state index is 10.3. The molecule has 0 saturated heterocycles. The third-order valence-corrected chi connectivity index (χ3v) is 3.68. The summed E-state index contributed by atoms with van der Waals surface area (Å²) in [5, 5.41) is 10.3. The summed E-state index contributed by atoms with van der Waals surface area (Å²) in [4.78, 5) is 0. The summed E-state index contributed by atoms with van der Waals surface area (Å²) in [7, 11) is 1.68. The van der Waals surface area contributed by atoms with Gasteiger partial charge in [-0.2, -0.15) is 0 Å². The number of methoxy groups -OCH3 is 1. The summed E-state index contributed by atoms with van der Waals surface area (Å²) in [6.45, 7) is 4.81. The molecule has 20 heavy (non-hydrogen) atoms. The molecule has 0 aliphatic heterocycles. The van der Waals surface area contributed by atoms with E-state index in [9.17, 15) is 5.11 Å². The summed E-state index contributed by atoms with van der Waals surface area (Å²) >= 11 is 0. The normalized spacial score (nSPS) is 12.4. The van der Waals surface area contributed by atoms with Crippen LogP contribution in [0.5, 0.6) is 0 Å². The van der Waals surface area contributed by atoms with Gasteiger partial charge in [-0.15, -0.1) is 0 Å². The van der Waals surface area contributed by atoms with Crippen molar-refractivity contribution in [3.05, 3.63) is 70.3 Å². The topological polar surface area (TPSA) is 29.5 Å². The van der Waals surface area contributed by atoms with Crippen LogP contribution in [0.4, 0.5) is 0 Å². The standard InChI is InChI=1S/C18H22O2/c1-13-4-5-16(10-14(13)2)11-18(19)17-8-6-15(7-9-17)12-20-3/h4-10,18-19H,11-12H2,1-3H3.